The van der Waals surface area contributed by atoms with E-state index in [4.69, 9.17) is 14.2 Å². The first kappa shape index (κ1) is 20.1. The first-order valence-electron chi connectivity index (χ1n) is 8.38. The quantitative estimate of drug-likeness (QED) is 0.684. The lowest BCUT2D eigenvalue weighted by atomic mass is 10.0. The molecule has 1 N–H and O–H groups in total. The van der Waals surface area contributed by atoms with Crippen molar-refractivity contribution in [2.24, 2.45) is 0 Å². The van der Waals surface area contributed by atoms with Crippen LogP contribution in [0.5, 0.6) is 17.2 Å². The molecule has 140 valence electrons. The van der Waals surface area contributed by atoms with Crippen LogP contribution in [0.2, 0.25) is 0 Å². The molecule has 2 aromatic carbocycles. The van der Waals surface area contributed by atoms with Gasteiger partial charge in [0.1, 0.15) is 5.75 Å². The SMILES string of the molecule is CCC(NC(=O)COc1ccc(Br)c(C)c1)c1ccc(OC)c(OC)c1. The van der Waals surface area contributed by atoms with E-state index in [1.165, 1.54) is 0 Å². The lowest BCUT2D eigenvalue weighted by Gasteiger charge is -2.19. The lowest BCUT2D eigenvalue weighted by molar-refractivity contribution is -0.123. The normalized spacial score (nSPS) is 11.6. The Kier molecular flexibility index (Phi) is 7.33. The molecule has 0 fully saturated rings. The second-order valence-corrected chi connectivity index (χ2v) is 6.70. The molecule has 1 atom stereocenters. The minimum atomic E-state index is -0.174. The summed E-state index contributed by atoms with van der Waals surface area (Å²) < 4.78 is 17.2. The van der Waals surface area contributed by atoms with Crippen LogP contribution in [0.15, 0.2) is 40.9 Å². The Morgan fingerprint density at radius 2 is 1.85 bits per heavy atom. The zero-order valence-corrected chi connectivity index (χ0v) is 17.1. The van der Waals surface area contributed by atoms with Crippen molar-refractivity contribution in [2.45, 2.75) is 26.3 Å². The van der Waals surface area contributed by atoms with Gasteiger partial charge in [-0.3, -0.25) is 4.79 Å². The fourth-order valence-corrected chi connectivity index (χ4v) is 2.83. The molecule has 5 nitrogen and oxygen atoms in total. The number of ether oxygens (including phenoxy) is 3. The molecule has 0 aromatic heterocycles. The molecule has 1 unspecified atom stereocenters. The summed E-state index contributed by atoms with van der Waals surface area (Å²) in [5.41, 5.74) is 2.01. The van der Waals surface area contributed by atoms with E-state index in [1.807, 2.05) is 50.2 Å². The smallest absolute Gasteiger partial charge is 0.258 e. The topological polar surface area (TPSA) is 56.8 Å². The summed E-state index contributed by atoms with van der Waals surface area (Å²) in [6.07, 6.45) is 0.749. The zero-order chi connectivity index (χ0) is 19.1. The molecule has 0 bridgehead atoms. The molecule has 0 aliphatic heterocycles. The van der Waals surface area contributed by atoms with Crippen LogP contribution < -0.4 is 19.5 Å². The van der Waals surface area contributed by atoms with Gasteiger partial charge in [-0.2, -0.15) is 0 Å². The molecule has 2 rings (SSSR count). The maximum absolute atomic E-state index is 12.3. The minimum absolute atomic E-state index is 0.0368. The van der Waals surface area contributed by atoms with Crippen molar-refractivity contribution in [1.82, 2.24) is 5.32 Å². The van der Waals surface area contributed by atoms with Gasteiger partial charge >= 0.3 is 0 Å². The molecule has 0 spiro atoms. The third-order valence-electron chi connectivity index (χ3n) is 4.05. The molecule has 0 radical (unpaired) electrons. The molecule has 0 saturated heterocycles. The third kappa shape index (κ3) is 5.14. The van der Waals surface area contributed by atoms with Crippen molar-refractivity contribution in [3.8, 4) is 17.2 Å². The van der Waals surface area contributed by atoms with E-state index in [2.05, 4.69) is 21.2 Å². The molecule has 0 saturated carbocycles. The number of hydrogen-bond acceptors (Lipinski definition) is 4. The Labute approximate surface area is 162 Å². The van der Waals surface area contributed by atoms with Crippen molar-refractivity contribution in [3.05, 3.63) is 52.0 Å². The van der Waals surface area contributed by atoms with Gasteiger partial charge in [-0.15, -0.1) is 0 Å². The van der Waals surface area contributed by atoms with E-state index < -0.39 is 0 Å². The number of rotatable bonds is 8. The van der Waals surface area contributed by atoms with Crippen LogP contribution in [-0.2, 0) is 4.79 Å². The predicted octanol–water partition coefficient (Wildman–Crippen LogP) is 4.42. The third-order valence-corrected chi connectivity index (χ3v) is 4.94. The number of methoxy groups -OCH3 is 2. The number of amides is 1. The maximum Gasteiger partial charge on any atom is 0.258 e. The van der Waals surface area contributed by atoms with Crippen LogP contribution in [0.3, 0.4) is 0 Å². The van der Waals surface area contributed by atoms with E-state index in [1.54, 1.807) is 14.2 Å². The molecular formula is C20H24BrNO4. The zero-order valence-electron chi connectivity index (χ0n) is 15.5. The molecular weight excluding hydrogens is 398 g/mol. The Bertz CT molecular complexity index is 763. The number of aryl methyl sites for hydroxylation is 1. The lowest BCUT2D eigenvalue weighted by Crippen LogP contribution is -2.32. The molecule has 2 aromatic rings. The molecule has 6 heteroatoms. The first-order chi connectivity index (χ1) is 12.5. The van der Waals surface area contributed by atoms with Gasteiger partial charge in [0.2, 0.25) is 0 Å². The number of carbonyl (C=O) groups excluding carboxylic acids is 1. The van der Waals surface area contributed by atoms with Gasteiger partial charge in [0, 0.05) is 4.47 Å². The van der Waals surface area contributed by atoms with E-state index in [0.717, 1.165) is 22.0 Å². The van der Waals surface area contributed by atoms with E-state index >= 15 is 0 Å². The summed E-state index contributed by atoms with van der Waals surface area (Å²) in [7, 11) is 3.19. The Hall–Kier alpha value is -2.21. The van der Waals surface area contributed by atoms with E-state index in [0.29, 0.717) is 17.2 Å². The predicted molar refractivity (Wildman–Crippen MR) is 105 cm³/mol. The van der Waals surface area contributed by atoms with Crippen molar-refractivity contribution in [3.63, 3.8) is 0 Å². The van der Waals surface area contributed by atoms with Gasteiger partial charge < -0.3 is 19.5 Å². The summed E-state index contributed by atoms with van der Waals surface area (Å²) in [6, 6.07) is 11.1. The van der Waals surface area contributed by atoms with Crippen molar-refractivity contribution >= 4 is 21.8 Å². The summed E-state index contributed by atoms with van der Waals surface area (Å²) in [4.78, 5) is 12.3. The highest BCUT2D eigenvalue weighted by Gasteiger charge is 2.16. The van der Waals surface area contributed by atoms with Crippen LogP contribution in [0, 0.1) is 6.92 Å². The minimum Gasteiger partial charge on any atom is -0.493 e. The van der Waals surface area contributed by atoms with E-state index in [9.17, 15) is 4.79 Å². The van der Waals surface area contributed by atoms with Gasteiger partial charge in [0.15, 0.2) is 18.1 Å². The van der Waals surface area contributed by atoms with Crippen molar-refractivity contribution in [1.29, 1.82) is 0 Å². The van der Waals surface area contributed by atoms with Gasteiger partial charge in [0.05, 0.1) is 20.3 Å². The van der Waals surface area contributed by atoms with Crippen LogP contribution in [0.4, 0.5) is 0 Å². The molecule has 26 heavy (non-hydrogen) atoms. The Balaban J connectivity index is 2.00. The fraction of sp³-hybridized carbons (Fsp3) is 0.350. The summed E-state index contributed by atoms with van der Waals surface area (Å²) in [5.74, 6) is 1.79. The largest absolute Gasteiger partial charge is 0.493 e. The molecule has 1 amide bonds. The number of carbonyl (C=O) groups is 1. The summed E-state index contributed by atoms with van der Waals surface area (Å²) in [5, 5.41) is 3.00. The molecule has 0 aliphatic carbocycles. The maximum atomic E-state index is 12.3. The molecule has 0 aliphatic rings. The fourth-order valence-electron chi connectivity index (χ4n) is 2.58. The number of halogens is 1. The first-order valence-corrected chi connectivity index (χ1v) is 9.18. The van der Waals surface area contributed by atoms with Crippen LogP contribution in [0.25, 0.3) is 0 Å². The monoisotopic (exact) mass is 421 g/mol. The van der Waals surface area contributed by atoms with Crippen molar-refractivity contribution < 1.29 is 19.0 Å². The second-order valence-electron chi connectivity index (χ2n) is 5.84. The van der Waals surface area contributed by atoms with Gasteiger partial charge in [-0.05, 0) is 54.8 Å². The van der Waals surface area contributed by atoms with E-state index in [-0.39, 0.29) is 18.6 Å². The van der Waals surface area contributed by atoms with Gasteiger partial charge in [-0.25, -0.2) is 0 Å². The Morgan fingerprint density at radius 3 is 2.46 bits per heavy atom. The second kappa shape index (κ2) is 9.48. The average Bonchev–Trinajstić information content (AvgIpc) is 2.66. The molecule has 0 heterocycles. The Morgan fingerprint density at radius 1 is 1.12 bits per heavy atom. The van der Waals surface area contributed by atoms with Gasteiger partial charge in [0.25, 0.3) is 5.91 Å². The highest BCUT2D eigenvalue weighted by atomic mass is 79.9. The van der Waals surface area contributed by atoms with Crippen LogP contribution in [0.1, 0.15) is 30.5 Å². The van der Waals surface area contributed by atoms with Crippen LogP contribution >= 0.6 is 15.9 Å². The summed E-state index contributed by atoms with van der Waals surface area (Å²) in [6.45, 7) is 3.95. The van der Waals surface area contributed by atoms with Crippen molar-refractivity contribution in [2.75, 3.05) is 20.8 Å². The standard InChI is InChI=1S/C20H24BrNO4/c1-5-17(14-6-9-18(24-3)19(11-14)25-4)22-20(23)12-26-15-7-8-16(21)13(2)10-15/h6-11,17H,5,12H2,1-4H3,(H,22,23). The number of nitrogens with one attached hydrogen (secondary N) is 1. The summed E-state index contributed by atoms with van der Waals surface area (Å²) >= 11 is 3.45. The van der Waals surface area contributed by atoms with Gasteiger partial charge in [-0.1, -0.05) is 28.9 Å². The van der Waals surface area contributed by atoms with Crippen LogP contribution in [-0.4, -0.2) is 26.7 Å². The average molecular weight is 422 g/mol. The number of benzene rings is 2. The number of hydrogen-bond donors (Lipinski definition) is 1. The highest BCUT2D eigenvalue weighted by molar-refractivity contribution is 9.10. The highest BCUT2D eigenvalue weighted by Crippen LogP contribution is 2.30.